The van der Waals surface area contributed by atoms with E-state index in [1.165, 1.54) is 37.7 Å². The van der Waals surface area contributed by atoms with Gasteiger partial charge in [0.25, 0.3) is 5.95 Å². The molecule has 0 atom stereocenters. The van der Waals surface area contributed by atoms with Crippen molar-refractivity contribution in [2.45, 2.75) is 83.0 Å². The second-order valence-electron chi connectivity index (χ2n) is 8.37. The van der Waals surface area contributed by atoms with E-state index in [9.17, 15) is 13.2 Å². The number of halogens is 3. The summed E-state index contributed by atoms with van der Waals surface area (Å²) >= 11 is 0. The predicted molar refractivity (Wildman–Crippen MR) is 113 cm³/mol. The molecule has 3 rings (SSSR count). The monoisotopic (exact) mass is 419 g/mol. The van der Waals surface area contributed by atoms with Crippen LogP contribution in [-0.4, -0.2) is 11.6 Å². The third-order valence-electron chi connectivity index (χ3n) is 6.20. The van der Waals surface area contributed by atoms with Crippen molar-refractivity contribution >= 4 is 0 Å². The molecule has 1 heterocycles. The van der Waals surface area contributed by atoms with E-state index in [-0.39, 0.29) is 11.5 Å². The first-order valence-electron chi connectivity index (χ1n) is 11.3. The first-order chi connectivity index (χ1) is 14.6. The number of pyridine rings is 1. The Balaban J connectivity index is 1.44. The standard InChI is InChI=1S/C25H32F3NO/c1-2-3-4-5-6-7-16-30-21-14-12-19(13-15-21)18-8-10-20(11-9-18)22-17-23(26)25(28)29-24(22)27/h12-15,17-18,20H,2-11,16H2,1H3. The Labute approximate surface area is 177 Å². The van der Waals surface area contributed by atoms with Crippen molar-refractivity contribution in [2.75, 3.05) is 6.61 Å². The molecule has 0 N–H and O–H groups in total. The van der Waals surface area contributed by atoms with Crippen molar-refractivity contribution in [1.82, 2.24) is 4.98 Å². The largest absolute Gasteiger partial charge is 0.494 e. The first-order valence-corrected chi connectivity index (χ1v) is 11.3. The van der Waals surface area contributed by atoms with Crippen molar-refractivity contribution in [3.05, 3.63) is 59.2 Å². The first kappa shape index (κ1) is 22.6. The average molecular weight is 420 g/mol. The number of aromatic nitrogens is 1. The maximum atomic E-state index is 14.0. The van der Waals surface area contributed by atoms with Gasteiger partial charge in [-0.25, -0.2) is 4.39 Å². The zero-order chi connectivity index (χ0) is 21.3. The van der Waals surface area contributed by atoms with E-state index in [2.05, 4.69) is 24.0 Å². The zero-order valence-electron chi connectivity index (χ0n) is 17.8. The fourth-order valence-corrected chi connectivity index (χ4v) is 4.39. The normalized spacial score (nSPS) is 19.1. The highest BCUT2D eigenvalue weighted by Crippen LogP contribution is 2.41. The molecule has 0 spiro atoms. The molecule has 30 heavy (non-hydrogen) atoms. The van der Waals surface area contributed by atoms with Crippen LogP contribution in [0.25, 0.3) is 0 Å². The lowest BCUT2D eigenvalue weighted by atomic mass is 9.76. The van der Waals surface area contributed by atoms with Crippen molar-refractivity contribution < 1.29 is 17.9 Å². The molecule has 0 saturated heterocycles. The minimum absolute atomic E-state index is 0.108. The summed E-state index contributed by atoms with van der Waals surface area (Å²) < 4.78 is 46.3. The van der Waals surface area contributed by atoms with Gasteiger partial charge >= 0.3 is 0 Å². The van der Waals surface area contributed by atoms with Crippen LogP contribution in [0.2, 0.25) is 0 Å². The van der Waals surface area contributed by atoms with E-state index in [4.69, 9.17) is 4.74 Å². The highest BCUT2D eigenvalue weighted by molar-refractivity contribution is 5.30. The fraction of sp³-hybridized carbons (Fsp3) is 0.560. The number of benzene rings is 1. The maximum absolute atomic E-state index is 14.0. The van der Waals surface area contributed by atoms with Crippen LogP contribution in [0.15, 0.2) is 30.3 Å². The molecule has 2 nitrogen and oxygen atoms in total. The SMILES string of the molecule is CCCCCCCCOc1ccc(C2CCC(c3cc(F)c(F)nc3F)CC2)cc1. The molecular weight excluding hydrogens is 387 g/mol. The molecule has 1 aromatic carbocycles. The van der Waals surface area contributed by atoms with Crippen LogP contribution in [-0.2, 0) is 0 Å². The molecule has 1 aliphatic carbocycles. The van der Waals surface area contributed by atoms with Crippen LogP contribution in [0.3, 0.4) is 0 Å². The van der Waals surface area contributed by atoms with E-state index >= 15 is 0 Å². The van der Waals surface area contributed by atoms with Crippen LogP contribution in [0.5, 0.6) is 5.75 Å². The van der Waals surface area contributed by atoms with Crippen LogP contribution >= 0.6 is 0 Å². The molecule has 1 aromatic heterocycles. The van der Waals surface area contributed by atoms with Crippen molar-refractivity contribution in [1.29, 1.82) is 0 Å². The number of ether oxygens (including phenoxy) is 1. The molecule has 1 fully saturated rings. The highest BCUT2D eigenvalue weighted by atomic mass is 19.2. The van der Waals surface area contributed by atoms with E-state index in [1.54, 1.807) is 0 Å². The van der Waals surface area contributed by atoms with Gasteiger partial charge in [-0.05, 0) is 67.7 Å². The number of unbranched alkanes of at least 4 members (excludes halogenated alkanes) is 5. The smallest absolute Gasteiger partial charge is 0.251 e. The number of nitrogens with zero attached hydrogens (tertiary/aromatic N) is 1. The molecule has 0 radical (unpaired) electrons. The molecule has 5 heteroatoms. The maximum Gasteiger partial charge on any atom is 0.251 e. The lowest BCUT2D eigenvalue weighted by molar-refractivity contribution is 0.304. The lowest BCUT2D eigenvalue weighted by Gasteiger charge is -2.29. The summed E-state index contributed by atoms with van der Waals surface area (Å²) in [6.45, 7) is 2.98. The summed E-state index contributed by atoms with van der Waals surface area (Å²) in [7, 11) is 0. The number of hydrogen-bond acceptors (Lipinski definition) is 2. The average Bonchev–Trinajstić information content (AvgIpc) is 2.76. The summed E-state index contributed by atoms with van der Waals surface area (Å²) in [6, 6.07) is 9.25. The summed E-state index contributed by atoms with van der Waals surface area (Å²) in [5.41, 5.74) is 1.45. The van der Waals surface area contributed by atoms with Gasteiger partial charge in [0.1, 0.15) is 5.75 Å². The Kier molecular flexibility index (Phi) is 8.59. The molecule has 0 unspecified atom stereocenters. The van der Waals surface area contributed by atoms with Crippen molar-refractivity contribution in [3.63, 3.8) is 0 Å². The van der Waals surface area contributed by atoms with Crippen LogP contribution < -0.4 is 4.74 Å². The quantitative estimate of drug-likeness (QED) is 0.291. The van der Waals surface area contributed by atoms with Crippen molar-refractivity contribution in [2.24, 2.45) is 0 Å². The number of hydrogen-bond donors (Lipinski definition) is 0. The van der Waals surface area contributed by atoms with Gasteiger partial charge in [-0.3, -0.25) is 0 Å². The summed E-state index contributed by atoms with van der Waals surface area (Å²) in [5.74, 6) is -2.15. The van der Waals surface area contributed by atoms with Crippen molar-refractivity contribution in [3.8, 4) is 5.75 Å². The Morgan fingerprint density at radius 2 is 1.47 bits per heavy atom. The van der Waals surface area contributed by atoms with Crippen LogP contribution in [0, 0.1) is 17.7 Å². The molecule has 2 aromatic rings. The lowest BCUT2D eigenvalue weighted by Crippen LogP contribution is -2.14. The van der Waals surface area contributed by atoms with Gasteiger partial charge in [0.15, 0.2) is 5.82 Å². The van der Waals surface area contributed by atoms with E-state index in [0.29, 0.717) is 5.92 Å². The van der Waals surface area contributed by atoms with Gasteiger partial charge in [0, 0.05) is 5.56 Å². The van der Waals surface area contributed by atoms with Gasteiger partial charge in [0.2, 0.25) is 5.95 Å². The second-order valence-corrected chi connectivity index (χ2v) is 8.37. The van der Waals surface area contributed by atoms with Gasteiger partial charge in [-0.15, -0.1) is 0 Å². The second kappa shape index (κ2) is 11.4. The highest BCUT2D eigenvalue weighted by Gasteiger charge is 2.27. The third kappa shape index (κ3) is 6.23. The molecule has 1 saturated carbocycles. The molecule has 0 bridgehead atoms. The summed E-state index contributed by atoms with van der Waals surface area (Å²) in [6.07, 6.45) is 10.7. The number of rotatable bonds is 10. The third-order valence-corrected chi connectivity index (χ3v) is 6.20. The minimum atomic E-state index is -1.37. The van der Waals surface area contributed by atoms with Gasteiger partial charge in [0.05, 0.1) is 6.61 Å². The molecule has 1 aliphatic rings. The summed E-state index contributed by atoms with van der Waals surface area (Å²) in [4.78, 5) is 3.06. The van der Waals surface area contributed by atoms with Gasteiger partial charge < -0.3 is 4.74 Å². The Hall–Kier alpha value is -2.04. The van der Waals surface area contributed by atoms with E-state index in [0.717, 1.165) is 50.5 Å². The molecule has 164 valence electrons. The molecule has 0 aliphatic heterocycles. The fourth-order valence-electron chi connectivity index (χ4n) is 4.39. The van der Waals surface area contributed by atoms with E-state index in [1.807, 2.05) is 12.1 Å². The minimum Gasteiger partial charge on any atom is -0.494 e. The molecule has 0 amide bonds. The topological polar surface area (TPSA) is 22.1 Å². The summed E-state index contributed by atoms with van der Waals surface area (Å²) in [5, 5.41) is 0. The predicted octanol–water partition coefficient (Wildman–Crippen LogP) is 7.68. The van der Waals surface area contributed by atoms with E-state index < -0.39 is 17.7 Å². The Morgan fingerprint density at radius 1 is 0.833 bits per heavy atom. The zero-order valence-corrected chi connectivity index (χ0v) is 17.8. The Bertz CT molecular complexity index is 786. The molecular formula is C25H32F3NO. The van der Waals surface area contributed by atoms with Crippen LogP contribution in [0.4, 0.5) is 13.2 Å². The van der Waals surface area contributed by atoms with Gasteiger partial charge in [-0.2, -0.15) is 13.8 Å². The Morgan fingerprint density at radius 3 is 2.17 bits per heavy atom. The van der Waals surface area contributed by atoms with Gasteiger partial charge in [-0.1, -0.05) is 51.2 Å². The van der Waals surface area contributed by atoms with Crippen LogP contribution in [0.1, 0.15) is 94.1 Å².